The van der Waals surface area contributed by atoms with Crippen LogP contribution in [0, 0.1) is 5.92 Å². The lowest BCUT2D eigenvalue weighted by molar-refractivity contribution is 0.408. The number of nitrogens with one attached hydrogen (secondary N) is 1. The summed E-state index contributed by atoms with van der Waals surface area (Å²) in [5, 5.41) is 3.39. The third-order valence-corrected chi connectivity index (χ3v) is 3.88. The number of methoxy groups -OCH3 is 1. The minimum atomic E-state index is 0.409. The molecule has 2 atom stereocenters. The van der Waals surface area contributed by atoms with Gasteiger partial charge in [0.25, 0.3) is 0 Å². The second-order valence-electron chi connectivity index (χ2n) is 4.48. The highest BCUT2D eigenvalue weighted by molar-refractivity contribution is 9.10. The average molecular weight is 300 g/mol. The lowest BCUT2D eigenvalue weighted by Gasteiger charge is -2.21. The molecule has 0 aliphatic rings. The van der Waals surface area contributed by atoms with E-state index in [4.69, 9.17) is 4.74 Å². The van der Waals surface area contributed by atoms with Gasteiger partial charge in [-0.1, -0.05) is 26.3 Å². The number of benzene rings is 1. The highest BCUT2D eigenvalue weighted by Gasteiger charge is 2.14. The van der Waals surface area contributed by atoms with E-state index in [1.54, 1.807) is 7.11 Å². The van der Waals surface area contributed by atoms with Crippen molar-refractivity contribution in [3.05, 3.63) is 28.2 Å². The van der Waals surface area contributed by atoms with Crippen LogP contribution in [0.2, 0.25) is 0 Å². The molecule has 1 rings (SSSR count). The molecule has 0 fully saturated rings. The van der Waals surface area contributed by atoms with Crippen molar-refractivity contribution in [3.63, 3.8) is 0 Å². The van der Waals surface area contributed by atoms with Crippen LogP contribution in [0.1, 0.15) is 38.3 Å². The fourth-order valence-electron chi connectivity index (χ4n) is 1.89. The summed E-state index contributed by atoms with van der Waals surface area (Å²) in [4.78, 5) is 0. The Morgan fingerprint density at radius 3 is 2.59 bits per heavy atom. The van der Waals surface area contributed by atoms with E-state index in [0.29, 0.717) is 6.04 Å². The highest BCUT2D eigenvalue weighted by Crippen LogP contribution is 2.30. The predicted molar refractivity (Wildman–Crippen MR) is 76.6 cm³/mol. The molecule has 96 valence electrons. The lowest BCUT2D eigenvalue weighted by atomic mass is 9.94. The fourth-order valence-corrected chi connectivity index (χ4v) is 2.45. The normalized spacial score (nSPS) is 14.4. The maximum Gasteiger partial charge on any atom is 0.133 e. The molecule has 0 saturated heterocycles. The van der Waals surface area contributed by atoms with Gasteiger partial charge in [-0.3, -0.25) is 0 Å². The summed E-state index contributed by atoms with van der Waals surface area (Å²) in [7, 11) is 3.71. The van der Waals surface area contributed by atoms with Crippen molar-refractivity contribution in [2.24, 2.45) is 5.92 Å². The van der Waals surface area contributed by atoms with Gasteiger partial charge in [0.05, 0.1) is 11.6 Å². The first kappa shape index (κ1) is 14.5. The molecular weight excluding hydrogens is 278 g/mol. The lowest BCUT2D eigenvalue weighted by Crippen LogP contribution is -2.18. The first-order valence-corrected chi connectivity index (χ1v) is 6.92. The third kappa shape index (κ3) is 4.00. The summed E-state index contributed by atoms with van der Waals surface area (Å²) >= 11 is 3.54. The average Bonchev–Trinajstić information content (AvgIpc) is 2.35. The van der Waals surface area contributed by atoms with Gasteiger partial charge in [-0.2, -0.15) is 0 Å². The topological polar surface area (TPSA) is 21.3 Å². The number of hydrogen-bond donors (Lipinski definition) is 1. The molecule has 1 aromatic carbocycles. The van der Waals surface area contributed by atoms with Crippen LogP contribution >= 0.6 is 15.9 Å². The molecule has 2 nitrogen and oxygen atoms in total. The maximum atomic E-state index is 5.25. The molecule has 17 heavy (non-hydrogen) atoms. The summed E-state index contributed by atoms with van der Waals surface area (Å²) in [5.74, 6) is 1.61. The van der Waals surface area contributed by atoms with Crippen molar-refractivity contribution in [3.8, 4) is 5.75 Å². The number of rotatable bonds is 6. The van der Waals surface area contributed by atoms with Crippen LogP contribution in [0.4, 0.5) is 0 Å². The van der Waals surface area contributed by atoms with Gasteiger partial charge in [0.1, 0.15) is 5.75 Å². The van der Waals surface area contributed by atoms with Crippen molar-refractivity contribution in [1.82, 2.24) is 5.32 Å². The van der Waals surface area contributed by atoms with E-state index in [-0.39, 0.29) is 0 Å². The van der Waals surface area contributed by atoms with Crippen LogP contribution in [0.25, 0.3) is 0 Å². The second-order valence-corrected chi connectivity index (χ2v) is 5.34. The molecule has 3 heteroatoms. The number of hydrogen-bond acceptors (Lipinski definition) is 2. The maximum absolute atomic E-state index is 5.25. The largest absolute Gasteiger partial charge is 0.496 e. The summed E-state index contributed by atoms with van der Waals surface area (Å²) in [6.45, 7) is 4.53. The molecule has 0 bridgehead atoms. The van der Waals surface area contributed by atoms with Gasteiger partial charge < -0.3 is 10.1 Å². The van der Waals surface area contributed by atoms with Gasteiger partial charge >= 0.3 is 0 Å². The molecular formula is C14H22BrNO. The van der Waals surface area contributed by atoms with Crippen molar-refractivity contribution < 1.29 is 4.74 Å². The van der Waals surface area contributed by atoms with E-state index in [9.17, 15) is 0 Å². The third-order valence-electron chi connectivity index (χ3n) is 3.26. The van der Waals surface area contributed by atoms with Crippen molar-refractivity contribution >= 4 is 15.9 Å². The first-order chi connectivity index (χ1) is 8.12. The van der Waals surface area contributed by atoms with Crippen molar-refractivity contribution in [1.29, 1.82) is 0 Å². The molecule has 0 spiro atoms. The van der Waals surface area contributed by atoms with Gasteiger partial charge in [-0.25, -0.2) is 0 Å². The zero-order valence-electron chi connectivity index (χ0n) is 11.1. The zero-order chi connectivity index (χ0) is 12.8. The summed E-state index contributed by atoms with van der Waals surface area (Å²) in [6.07, 6.45) is 2.38. The van der Waals surface area contributed by atoms with E-state index >= 15 is 0 Å². The molecule has 0 aliphatic heterocycles. The van der Waals surface area contributed by atoms with Crippen LogP contribution < -0.4 is 10.1 Å². The quantitative estimate of drug-likeness (QED) is 0.852. The summed E-state index contributed by atoms with van der Waals surface area (Å²) < 4.78 is 6.26. The second kappa shape index (κ2) is 7.02. The molecule has 0 aromatic heterocycles. The molecule has 2 unspecified atom stereocenters. The summed E-state index contributed by atoms with van der Waals surface area (Å²) in [5.41, 5.74) is 1.31. The Labute approximate surface area is 113 Å². The predicted octanol–water partition coefficient (Wildman–Crippen LogP) is 4.15. The Morgan fingerprint density at radius 1 is 1.41 bits per heavy atom. The van der Waals surface area contributed by atoms with E-state index in [1.807, 2.05) is 13.1 Å². The molecule has 0 heterocycles. The standard InChI is InChI=1S/C14H22BrNO/c1-5-10(2)8-13(16-3)11-6-7-14(17-4)12(15)9-11/h6-7,9-10,13,16H,5,8H2,1-4H3. The number of ether oxygens (including phenoxy) is 1. The van der Waals surface area contributed by atoms with E-state index < -0.39 is 0 Å². The zero-order valence-corrected chi connectivity index (χ0v) is 12.7. The highest BCUT2D eigenvalue weighted by atomic mass is 79.9. The molecule has 0 aliphatic carbocycles. The Hall–Kier alpha value is -0.540. The molecule has 0 saturated carbocycles. The van der Waals surface area contributed by atoms with Gasteiger partial charge in [-0.15, -0.1) is 0 Å². The van der Waals surface area contributed by atoms with Crippen molar-refractivity contribution in [2.45, 2.75) is 32.7 Å². The summed E-state index contributed by atoms with van der Waals surface area (Å²) in [6, 6.07) is 6.70. The van der Waals surface area contributed by atoms with Crippen LogP contribution in [0.3, 0.4) is 0 Å². The smallest absolute Gasteiger partial charge is 0.133 e. The number of halogens is 1. The van der Waals surface area contributed by atoms with Crippen molar-refractivity contribution in [2.75, 3.05) is 14.2 Å². The molecule has 1 aromatic rings. The Bertz CT molecular complexity index is 354. The monoisotopic (exact) mass is 299 g/mol. The van der Waals surface area contributed by atoms with Crippen LogP contribution in [0.15, 0.2) is 22.7 Å². The molecule has 0 amide bonds. The van der Waals surface area contributed by atoms with E-state index in [1.165, 1.54) is 12.0 Å². The minimum absolute atomic E-state index is 0.409. The Balaban J connectivity index is 2.85. The van der Waals surface area contributed by atoms with Gasteiger partial charge in [-0.05, 0) is 53.0 Å². The van der Waals surface area contributed by atoms with E-state index in [2.05, 4.69) is 47.2 Å². The van der Waals surface area contributed by atoms with Crippen LogP contribution in [0.5, 0.6) is 5.75 Å². The Morgan fingerprint density at radius 2 is 2.12 bits per heavy atom. The fraction of sp³-hybridized carbons (Fsp3) is 0.571. The molecule has 1 N–H and O–H groups in total. The van der Waals surface area contributed by atoms with Crippen LogP contribution in [-0.2, 0) is 0 Å². The minimum Gasteiger partial charge on any atom is -0.496 e. The van der Waals surface area contributed by atoms with Gasteiger partial charge in [0.2, 0.25) is 0 Å². The van der Waals surface area contributed by atoms with Gasteiger partial charge in [0.15, 0.2) is 0 Å². The van der Waals surface area contributed by atoms with Crippen LogP contribution in [-0.4, -0.2) is 14.2 Å². The first-order valence-electron chi connectivity index (χ1n) is 6.13. The van der Waals surface area contributed by atoms with Gasteiger partial charge in [0, 0.05) is 6.04 Å². The SMILES string of the molecule is CCC(C)CC(NC)c1ccc(OC)c(Br)c1. The Kier molecular flexibility index (Phi) is 6.00. The van der Waals surface area contributed by atoms with E-state index in [0.717, 1.165) is 22.6 Å². The molecule has 0 radical (unpaired) electrons.